The molecule has 1 aromatic rings. The van der Waals surface area contributed by atoms with Crippen LogP contribution in [-0.2, 0) is 6.42 Å². The molecule has 0 radical (unpaired) electrons. The van der Waals surface area contributed by atoms with E-state index in [0.29, 0.717) is 12.1 Å². The lowest BCUT2D eigenvalue weighted by Gasteiger charge is -2.27. The van der Waals surface area contributed by atoms with Gasteiger partial charge in [0.25, 0.3) is 0 Å². The number of aryl methyl sites for hydroxylation is 1. The molecule has 4 nitrogen and oxygen atoms in total. The van der Waals surface area contributed by atoms with E-state index in [2.05, 4.69) is 29.1 Å². The minimum Gasteiger partial charge on any atom is -0.474 e. The van der Waals surface area contributed by atoms with E-state index in [9.17, 15) is 0 Å². The zero-order chi connectivity index (χ0) is 20.0. The summed E-state index contributed by atoms with van der Waals surface area (Å²) in [6.07, 6.45) is 21.6. The van der Waals surface area contributed by atoms with Crippen LogP contribution >= 0.6 is 0 Å². The second-order valence-electron chi connectivity index (χ2n) is 8.48. The van der Waals surface area contributed by atoms with Crippen molar-refractivity contribution >= 4 is 5.95 Å². The monoisotopic (exact) mass is 389 g/mol. The summed E-state index contributed by atoms with van der Waals surface area (Å²) in [4.78, 5) is 9.23. The highest BCUT2D eigenvalue weighted by Crippen LogP contribution is 2.28. The van der Waals surface area contributed by atoms with Crippen LogP contribution in [0.15, 0.2) is 0 Å². The van der Waals surface area contributed by atoms with Gasteiger partial charge in [0.1, 0.15) is 6.10 Å². The van der Waals surface area contributed by atoms with Crippen molar-refractivity contribution in [3.8, 4) is 5.88 Å². The molecular formula is C24H43N3O. The third kappa shape index (κ3) is 8.36. The third-order valence-corrected chi connectivity index (χ3v) is 6.02. The first-order chi connectivity index (χ1) is 13.7. The Morgan fingerprint density at radius 1 is 0.857 bits per heavy atom. The van der Waals surface area contributed by atoms with Crippen molar-refractivity contribution in [2.75, 3.05) is 12.4 Å². The van der Waals surface area contributed by atoms with E-state index in [0.717, 1.165) is 36.4 Å². The molecule has 1 N–H and O–H groups in total. The summed E-state index contributed by atoms with van der Waals surface area (Å²) in [6.45, 7) is 4.40. The molecule has 4 heteroatoms. The number of nitrogens with one attached hydrogen (secondary N) is 1. The predicted molar refractivity (Wildman–Crippen MR) is 119 cm³/mol. The van der Waals surface area contributed by atoms with Gasteiger partial charge in [0, 0.05) is 12.6 Å². The van der Waals surface area contributed by atoms with Gasteiger partial charge in [-0.3, -0.25) is 0 Å². The van der Waals surface area contributed by atoms with Crippen LogP contribution in [0.5, 0.6) is 5.88 Å². The summed E-state index contributed by atoms with van der Waals surface area (Å²) in [6, 6.07) is 0. The average molecular weight is 390 g/mol. The summed E-state index contributed by atoms with van der Waals surface area (Å²) < 4.78 is 6.09. The van der Waals surface area contributed by atoms with E-state index < -0.39 is 0 Å². The highest BCUT2D eigenvalue weighted by Gasteiger charge is 2.22. The summed E-state index contributed by atoms with van der Waals surface area (Å²) in [7, 11) is 1.88. The van der Waals surface area contributed by atoms with Gasteiger partial charge in [-0.15, -0.1) is 0 Å². The van der Waals surface area contributed by atoms with E-state index in [4.69, 9.17) is 4.74 Å². The Morgan fingerprint density at radius 2 is 1.43 bits per heavy atom. The van der Waals surface area contributed by atoms with Crippen LogP contribution in [0.1, 0.15) is 114 Å². The predicted octanol–water partition coefficient (Wildman–Crippen LogP) is 7.00. The fraction of sp³-hybridized carbons (Fsp3) is 0.833. The van der Waals surface area contributed by atoms with Crippen molar-refractivity contribution in [1.29, 1.82) is 0 Å². The topological polar surface area (TPSA) is 47.0 Å². The molecule has 0 bridgehead atoms. The molecule has 1 aliphatic carbocycles. The molecule has 0 amide bonds. The molecule has 160 valence electrons. The van der Waals surface area contributed by atoms with Crippen molar-refractivity contribution in [2.45, 2.75) is 123 Å². The SMILES string of the molecule is CCCCCCCCCCCCCCc1nc(NC)nc(OC2CCC2)c1C. The Labute approximate surface area is 173 Å². The molecule has 1 fully saturated rings. The van der Waals surface area contributed by atoms with Crippen LogP contribution in [0.2, 0.25) is 0 Å². The number of unbranched alkanes of at least 4 members (excludes halogenated alkanes) is 11. The summed E-state index contributed by atoms with van der Waals surface area (Å²) in [5.41, 5.74) is 2.29. The maximum absolute atomic E-state index is 6.09. The Balaban J connectivity index is 1.59. The van der Waals surface area contributed by atoms with Gasteiger partial charge in [-0.2, -0.15) is 4.98 Å². The molecule has 28 heavy (non-hydrogen) atoms. The fourth-order valence-electron chi connectivity index (χ4n) is 3.79. The number of hydrogen-bond acceptors (Lipinski definition) is 4. The highest BCUT2D eigenvalue weighted by atomic mass is 16.5. The van der Waals surface area contributed by atoms with Crippen molar-refractivity contribution < 1.29 is 4.74 Å². The van der Waals surface area contributed by atoms with Crippen molar-refractivity contribution in [2.24, 2.45) is 0 Å². The normalized spacial score (nSPS) is 14.1. The maximum Gasteiger partial charge on any atom is 0.225 e. The van der Waals surface area contributed by atoms with Gasteiger partial charge in [0.15, 0.2) is 0 Å². The Bertz CT molecular complexity index is 543. The van der Waals surface area contributed by atoms with Crippen LogP contribution in [-0.4, -0.2) is 23.1 Å². The lowest BCUT2D eigenvalue weighted by Crippen LogP contribution is -2.25. The Hall–Kier alpha value is -1.32. The van der Waals surface area contributed by atoms with E-state index in [1.165, 1.54) is 83.5 Å². The zero-order valence-corrected chi connectivity index (χ0v) is 18.7. The van der Waals surface area contributed by atoms with Crippen LogP contribution < -0.4 is 10.1 Å². The highest BCUT2D eigenvalue weighted by molar-refractivity contribution is 5.37. The number of anilines is 1. The number of hydrogen-bond donors (Lipinski definition) is 1. The molecule has 0 aliphatic heterocycles. The Kier molecular flexibility index (Phi) is 11.3. The summed E-state index contributed by atoms with van der Waals surface area (Å²) >= 11 is 0. The molecule has 1 saturated carbocycles. The zero-order valence-electron chi connectivity index (χ0n) is 18.7. The average Bonchev–Trinajstić information content (AvgIpc) is 2.67. The van der Waals surface area contributed by atoms with Gasteiger partial charge in [-0.25, -0.2) is 4.98 Å². The second kappa shape index (κ2) is 13.8. The molecular weight excluding hydrogens is 346 g/mol. The first-order valence-electron chi connectivity index (χ1n) is 12.0. The van der Waals surface area contributed by atoms with Gasteiger partial charge in [-0.1, -0.05) is 77.6 Å². The minimum atomic E-state index is 0.359. The number of ether oxygens (including phenoxy) is 1. The summed E-state index contributed by atoms with van der Waals surface area (Å²) in [5.74, 6) is 1.48. The van der Waals surface area contributed by atoms with Crippen molar-refractivity contribution in [1.82, 2.24) is 9.97 Å². The van der Waals surface area contributed by atoms with E-state index in [1.54, 1.807) is 0 Å². The maximum atomic E-state index is 6.09. The summed E-state index contributed by atoms with van der Waals surface area (Å²) in [5, 5.41) is 3.09. The molecule has 1 aliphatic rings. The van der Waals surface area contributed by atoms with E-state index in [1.807, 2.05) is 7.05 Å². The number of rotatable bonds is 16. The fourth-order valence-corrected chi connectivity index (χ4v) is 3.79. The van der Waals surface area contributed by atoms with Gasteiger partial charge in [0.2, 0.25) is 11.8 Å². The molecule has 1 aromatic heterocycles. The van der Waals surface area contributed by atoms with Gasteiger partial charge < -0.3 is 10.1 Å². The second-order valence-corrected chi connectivity index (χ2v) is 8.48. The third-order valence-electron chi connectivity index (χ3n) is 6.02. The lowest BCUT2D eigenvalue weighted by molar-refractivity contribution is 0.113. The molecule has 0 aromatic carbocycles. The smallest absolute Gasteiger partial charge is 0.225 e. The lowest BCUT2D eigenvalue weighted by atomic mass is 9.96. The molecule has 1 heterocycles. The number of aromatic nitrogens is 2. The first-order valence-corrected chi connectivity index (χ1v) is 12.0. The van der Waals surface area contributed by atoms with Crippen molar-refractivity contribution in [3.05, 3.63) is 11.3 Å². The molecule has 0 atom stereocenters. The van der Waals surface area contributed by atoms with Crippen LogP contribution in [0.25, 0.3) is 0 Å². The standard InChI is InChI=1S/C24H43N3O/c1-4-5-6-7-8-9-10-11-12-13-14-15-19-22-20(2)23(27-24(25-3)26-22)28-21-17-16-18-21/h21H,4-19H2,1-3H3,(H,25,26,27). The largest absolute Gasteiger partial charge is 0.474 e. The quantitative estimate of drug-likeness (QED) is 0.309. The van der Waals surface area contributed by atoms with Gasteiger partial charge >= 0.3 is 0 Å². The molecule has 0 spiro atoms. The minimum absolute atomic E-state index is 0.359. The number of nitrogens with zero attached hydrogens (tertiary/aromatic N) is 2. The molecule has 0 saturated heterocycles. The van der Waals surface area contributed by atoms with Crippen LogP contribution in [0.3, 0.4) is 0 Å². The van der Waals surface area contributed by atoms with Crippen molar-refractivity contribution in [3.63, 3.8) is 0 Å². The van der Waals surface area contributed by atoms with Gasteiger partial charge in [-0.05, 0) is 39.0 Å². The first kappa shape index (κ1) is 23.0. The van der Waals surface area contributed by atoms with Crippen LogP contribution in [0, 0.1) is 6.92 Å². The molecule has 0 unspecified atom stereocenters. The van der Waals surface area contributed by atoms with E-state index in [-0.39, 0.29) is 0 Å². The molecule has 2 rings (SSSR count). The van der Waals surface area contributed by atoms with E-state index >= 15 is 0 Å². The Morgan fingerprint density at radius 3 is 1.93 bits per heavy atom. The van der Waals surface area contributed by atoms with Crippen LogP contribution in [0.4, 0.5) is 5.95 Å². The van der Waals surface area contributed by atoms with Gasteiger partial charge in [0.05, 0.1) is 5.69 Å².